The molecule has 0 aromatic heterocycles. The van der Waals surface area contributed by atoms with Crippen molar-refractivity contribution >= 4 is 45.0 Å². The van der Waals surface area contributed by atoms with Crippen molar-refractivity contribution in [2.24, 2.45) is 0 Å². The Hall–Kier alpha value is -1.97. The minimum Gasteiger partial charge on any atom is -0.454 e. The van der Waals surface area contributed by atoms with Crippen molar-refractivity contribution in [1.29, 1.82) is 0 Å². The number of carbonyl (C=O) groups is 2. The predicted octanol–water partition coefficient (Wildman–Crippen LogP) is 3.05. The van der Waals surface area contributed by atoms with Gasteiger partial charge in [-0.1, -0.05) is 23.2 Å². The Bertz CT molecular complexity index is 1020. The van der Waals surface area contributed by atoms with E-state index in [-0.39, 0.29) is 34.1 Å². The molecule has 1 aliphatic heterocycles. The summed E-state index contributed by atoms with van der Waals surface area (Å²) in [6.45, 7) is 0.738. The fraction of sp³-hybridized carbons (Fsp3) is 0.263. The van der Waals surface area contributed by atoms with Gasteiger partial charge in [0.2, 0.25) is 15.8 Å². The van der Waals surface area contributed by atoms with Crippen molar-refractivity contribution < 1.29 is 27.5 Å². The molecule has 0 spiro atoms. The summed E-state index contributed by atoms with van der Waals surface area (Å²) < 4.78 is 36.7. The van der Waals surface area contributed by atoms with Crippen molar-refractivity contribution in [2.75, 3.05) is 32.9 Å². The highest BCUT2D eigenvalue weighted by atomic mass is 35.5. The third-order valence-corrected chi connectivity index (χ3v) is 6.72. The first-order chi connectivity index (χ1) is 13.8. The van der Waals surface area contributed by atoms with Gasteiger partial charge < -0.3 is 9.47 Å². The van der Waals surface area contributed by atoms with Crippen LogP contribution < -0.4 is 0 Å². The van der Waals surface area contributed by atoms with Crippen LogP contribution in [0.1, 0.15) is 20.7 Å². The van der Waals surface area contributed by atoms with Gasteiger partial charge in [-0.3, -0.25) is 4.79 Å². The number of Topliss-reactive ketones (excluding diaryl/α,β-unsaturated/α-hetero) is 1. The van der Waals surface area contributed by atoms with Crippen LogP contribution in [0.4, 0.5) is 0 Å². The number of carbonyl (C=O) groups excluding carboxylic acids is 2. The van der Waals surface area contributed by atoms with Crippen molar-refractivity contribution in [3.8, 4) is 0 Å². The summed E-state index contributed by atoms with van der Waals surface area (Å²) in [5.74, 6) is -1.23. The van der Waals surface area contributed by atoms with Gasteiger partial charge in [-0.2, -0.15) is 4.31 Å². The number of ether oxygens (including phenoxy) is 2. The molecule has 3 rings (SSSR count). The lowest BCUT2D eigenvalue weighted by molar-refractivity contribution is 0.0474. The van der Waals surface area contributed by atoms with Crippen molar-refractivity contribution in [2.45, 2.75) is 4.90 Å². The second-order valence-corrected chi connectivity index (χ2v) is 8.95. The van der Waals surface area contributed by atoms with Crippen LogP contribution in [0.2, 0.25) is 10.0 Å². The van der Waals surface area contributed by atoms with E-state index in [1.807, 2.05) is 0 Å². The van der Waals surface area contributed by atoms with Gasteiger partial charge in [0.1, 0.15) is 0 Å². The molecule has 29 heavy (non-hydrogen) atoms. The molecule has 0 amide bonds. The molecule has 0 atom stereocenters. The molecule has 0 saturated carbocycles. The zero-order chi connectivity index (χ0) is 21.0. The Kier molecular flexibility index (Phi) is 6.92. The van der Waals surface area contributed by atoms with Gasteiger partial charge in [-0.25, -0.2) is 13.2 Å². The Balaban J connectivity index is 1.63. The number of rotatable bonds is 6. The molecule has 7 nitrogen and oxygen atoms in total. The molecular weight excluding hydrogens is 441 g/mol. The minimum absolute atomic E-state index is 0.0694. The molecule has 2 aromatic carbocycles. The van der Waals surface area contributed by atoms with Crippen LogP contribution in [0.25, 0.3) is 0 Å². The molecule has 0 aliphatic carbocycles. The summed E-state index contributed by atoms with van der Waals surface area (Å²) >= 11 is 11.8. The average molecular weight is 458 g/mol. The fourth-order valence-electron chi connectivity index (χ4n) is 2.71. The largest absolute Gasteiger partial charge is 0.454 e. The van der Waals surface area contributed by atoms with Crippen LogP contribution in [0.5, 0.6) is 0 Å². The second-order valence-electron chi connectivity index (χ2n) is 6.16. The highest BCUT2D eigenvalue weighted by Gasteiger charge is 2.26. The summed E-state index contributed by atoms with van der Waals surface area (Å²) in [5, 5.41) is 0.548. The quantitative estimate of drug-likeness (QED) is 0.488. The molecule has 0 N–H and O–H groups in total. The monoisotopic (exact) mass is 457 g/mol. The van der Waals surface area contributed by atoms with Gasteiger partial charge >= 0.3 is 5.97 Å². The van der Waals surface area contributed by atoms with Crippen LogP contribution in [-0.2, 0) is 19.5 Å². The third kappa shape index (κ3) is 5.15. The van der Waals surface area contributed by atoms with Gasteiger partial charge in [-0.15, -0.1) is 0 Å². The lowest BCUT2D eigenvalue weighted by Crippen LogP contribution is -2.40. The highest BCUT2D eigenvalue weighted by molar-refractivity contribution is 7.89. The first-order valence-corrected chi connectivity index (χ1v) is 10.8. The van der Waals surface area contributed by atoms with Crippen LogP contribution >= 0.6 is 23.2 Å². The molecule has 10 heteroatoms. The van der Waals surface area contributed by atoms with E-state index >= 15 is 0 Å². The molecule has 1 saturated heterocycles. The Morgan fingerprint density at radius 1 is 1.03 bits per heavy atom. The number of morpholine rings is 1. The van der Waals surface area contributed by atoms with E-state index < -0.39 is 28.4 Å². The minimum atomic E-state index is -3.65. The summed E-state index contributed by atoms with van der Waals surface area (Å²) in [6.07, 6.45) is 0. The van der Waals surface area contributed by atoms with Crippen molar-refractivity contribution in [3.63, 3.8) is 0 Å². The van der Waals surface area contributed by atoms with Crippen LogP contribution in [0, 0.1) is 0 Å². The first kappa shape index (κ1) is 21.7. The second kappa shape index (κ2) is 9.23. The van der Waals surface area contributed by atoms with E-state index in [9.17, 15) is 18.0 Å². The lowest BCUT2D eigenvalue weighted by atomic mass is 10.1. The standard InChI is InChI=1S/C19H17Cl2NO6S/c20-14-3-6-16(17(21)11-14)18(23)12-28-19(24)13-1-4-15(5-2-13)29(25,26)22-7-9-27-10-8-22/h1-6,11H,7-10,12H2. The van der Waals surface area contributed by atoms with Crippen LogP contribution in [0.15, 0.2) is 47.4 Å². The smallest absolute Gasteiger partial charge is 0.338 e. The maximum Gasteiger partial charge on any atom is 0.338 e. The average Bonchev–Trinajstić information content (AvgIpc) is 2.72. The Morgan fingerprint density at radius 2 is 1.69 bits per heavy atom. The maximum absolute atomic E-state index is 12.6. The third-order valence-electron chi connectivity index (χ3n) is 4.26. The molecule has 0 bridgehead atoms. The zero-order valence-corrected chi connectivity index (χ0v) is 17.5. The highest BCUT2D eigenvalue weighted by Crippen LogP contribution is 2.22. The number of esters is 1. The number of halogens is 2. The summed E-state index contributed by atoms with van der Waals surface area (Å²) in [5.41, 5.74) is 0.316. The first-order valence-electron chi connectivity index (χ1n) is 8.62. The molecular formula is C19H17Cl2NO6S. The normalized spacial score (nSPS) is 15.1. The fourth-order valence-corrected chi connectivity index (χ4v) is 4.63. The molecule has 154 valence electrons. The van der Waals surface area contributed by atoms with Gasteiger partial charge in [0, 0.05) is 23.7 Å². The maximum atomic E-state index is 12.6. The summed E-state index contributed by atoms with van der Waals surface area (Å²) in [4.78, 5) is 24.4. The number of nitrogens with zero attached hydrogens (tertiary/aromatic N) is 1. The van der Waals surface area contributed by atoms with E-state index in [1.165, 1.54) is 46.8 Å². The number of hydrogen-bond donors (Lipinski definition) is 0. The summed E-state index contributed by atoms with van der Waals surface area (Å²) in [6, 6.07) is 9.73. The molecule has 1 fully saturated rings. The molecule has 1 aliphatic rings. The summed E-state index contributed by atoms with van der Waals surface area (Å²) in [7, 11) is -3.65. The van der Waals surface area contributed by atoms with Crippen LogP contribution in [-0.4, -0.2) is 57.4 Å². The topological polar surface area (TPSA) is 90.0 Å². The zero-order valence-electron chi connectivity index (χ0n) is 15.1. The Labute approximate surface area is 178 Å². The number of ketones is 1. The number of benzene rings is 2. The van der Waals surface area contributed by atoms with Crippen molar-refractivity contribution in [1.82, 2.24) is 4.31 Å². The van der Waals surface area contributed by atoms with Gasteiger partial charge in [0.05, 0.1) is 28.7 Å². The van der Waals surface area contributed by atoms with E-state index in [0.29, 0.717) is 18.2 Å². The molecule has 0 radical (unpaired) electrons. The van der Waals surface area contributed by atoms with E-state index in [1.54, 1.807) is 0 Å². The number of sulfonamides is 1. The van der Waals surface area contributed by atoms with Gasteiger partial charge in [-0.05, 0) is 42.5 Å². The Morgan fingerprint density at radius 3 is 2.31 bits per heavy atom. The lowest BCUT2D eigenvalue weighted by Gasteiger charge is -2.26. The predicted molar refractivity (Wildman–Crippen MR) is 107 cm³/mol. The van der Waals surface area contributed by atoms with Crippen molar-refractivity contribution in [3.05, 3.63) is 63.6 Å². The van der Waals surface area contributed by atoms with Gasteiger partial charge in [0.15, 0.2) is 6.61 Å². The van der Waals surface area contributed by atoms with Gasteiger partial charge in [0.25, 0.3) is 0 Å². The number of hydrogen-bond acceptors (Lipinski definition) is 6. The molecule has 0 unspecified atom stereocenters. The van der Waals surface area contributed by atoms with E-state index in [4.69, 9.17) is 32.7 Å². The van der Waals surface area contributed by atoms with E-state index in [2.05, 4.69) is 0 Å². The molecule has 1 heterocycles. The van der Waals surface area contributed by atoms with Crippen LogP contribution in [0.3, 0.4) is 0 Å². The molecule has 2 aromatic rings. The van der Waals surface area contributed by atoms with E-state index in [0.717, 1.165) is 0 Å². The SMILES string of the molecule is O=C(OCC(=O)c1ccc(Cl)cc1Cl)c1ccc(S(=O)(=O)N2CCOCC2)cc1.